The normalized spacial score (nSPS) is 22.3. The smallest absolute Gasteiger partial charge is 0.318 e. The van der Waals surface area contributed by atoms with E-state index in [0.29, 0.717) is 11.9 Å². The van der Waals surface area contributed by atoms with Crippen molar-refractivity contribution in [3.05, 3.63) is 5.89 Å². The number of nitrogens with two attached hydrogens (primary N) is 1. The molecule has 1 aromatic heterocycles. The molecule has 1 aromatic rings. The maximum atomic E-state index is 5.65. The first kappa shape index (κ1) is 11.3. The largest absolute Gasteiger partial charge is 0.406 e. The van der Waals surface area contributed by atoms with Crippen molar-refractivity contribution < 1.29 is 9.15 Å². The monoisotopic (exact) mass is 226 g/mol. The van der Waals surface area contributed by atoms with Crippen molar-refractivity contribution in [2.75, 3.05) is 25.1 Å². The fourth-order valence-corrected chi connectivity index (χ4v) is 1.74. The van der Waals surface area contributed by atoms with E-state index in [9.17, 15) is 0 Å². The van der Waals surface area contributed by atoms with Gasteiger partial charge in [0.2, 0.25) is 5.89 Å². The Hall–Kier alpha value is -1.14. The van der Waals surface area contributed by atoms with E-state index in [0.717, 1.165) is 26.0 Å². The molecular formula is C10H18N4O2. The summed E-state index contributed by atoms with van der Waals surface area (Å²) in [5.41, 5.74) is 5.65. The second-order valence-electron chi connectivity index (χ2n) is 4.23. The van der Waals surface area contributed by atoms with Crippen molar-refractivity contribution in [2.24, 2.45) is 5.73 Å². The molecule has 0 amide bonds. The van der Waals surface area contributed by atoms with Crippen LogP contribution in [0.3, 0.4) is 0 Å². The Balaban J connectivity index is 1.94. The van der Waals surface area contributed by atoms with E-state index < -0.39 is 0 Å². The summed E-state index contributed by atoms with van der Waals surface area (Å²) in [6.07, 6.45) is 2.50. The van der Waals surface area contributed by atoms with Gasteiger partial charge < -0.3 is 19.8 Å². The molecule has 1 aliphatic rings. The van der Waals surface area contributed by atoms with Gasteiger partial charge in [-0.05, 0) is 19.8 Å². The molecule has 0 aliphatic carbocycles. The standard InChI is InChI=1S/C10H18N4O2/c1-7(11)9-12-13-10(16-9)14(2)6-8-4-3-5-15-8/h7-8H,3-6,11H2,1-2H3. The summed E-state index contributed by atoms with van der Waals surface area (Å²) in [6.45, 7) is 3.45. The predicted octanol–water partition coefficient (Wildman–Crippen LogP) is 0.704. The summed E-state index contributed by atoms with van der Waals surface area (Å²) in [7, 11) is 1.92. The molecule has 0 aromatic carbocycles. The first-order chi connectivity index (χ1) is 7.66. The Morgan fingerprint density at radius 1 is 1.56 bits per heavy atom. The topological polar surface area (TPSA) is 77.4 Å². The summed E-state index contributed by atoms with van der Waals surface area (Å²) in [5, 5.41) is 7.84. The number of ether oxygens (including phenoxy) is 1. The number of nitrogens with zero attached hydrogens (tertiary/aromatic N) is 3. The van der Waals surface area contributed by atoms with Gasteiger partial charge in [-0.2, -0.15) is 0 Å². The first-order valence-electron chi connectivity index (χ1n) is 5.58. The van der Waals surface area contributed by atoms with Gasteiger partial charge in [0.25, 0.3) is 0 Å². The van der Waals surface area contributed by atoms with Crippen molar-refractivity contribution >= 4 is 6.01 Å². The van der Waals surface area contributed by atoms with E-state index in [1.54, 1.807) is 0 Å². The van der Waals surface area contributed by atoms with E-state index in [4.69, 9.17) is 14.9 Å². The maximum absolute atomic E-state index is 5.65. The average Bonchev–Trinajstić information content (AvgIpc) is 2.86. The third-order valence-corrected chi connectivity index (χ3v) is 2.65. The first-order valence-corrected chi connectivity index (χ1v) is 5.58. The number of rotatable bonds is 4. The van der Waals surface area contributed by atoms with E-state index in [-0.39, 0.29) is 12.1 Å². The lowest BCUT2D eigenvalue weighted by atomic mass is 10.2. The molecule has 2 unspecified atom stereocenters. The zero-order chi connectivity index (χ0) is 11.5. The van der Waals surface area contributed by atoms with Crippen LogP contribution in [0, 0.1) is 0 Å². The number of hydrogen-bond acceptors (Lipinski definition) is 6. The SMILES string of the molecule is CC(N)c1nnc(N(C)CC2CCCO2)o1. The molecule has 2 atom stereocenters. The third-order valence-electron chi connectivity index (χ3n) is 2.65. The van der Waals surface area contributed by atoms with Crippen molar-refractivity contribution in [3.8, 4) is 0 Å². The molecule has 0 saturated carbocycles. The second-order valence-corrected chi connectivity index (χ2v) is 4.23. The minimum absolute atomic E-state index is 0.225. The molecule has 2 heterocycles. The summed E-state index contributed by atoms with van der Waals surface area (Å²) < 4.78 is 11.0. The zero-order valence-corrected chi connectivity index (χ0v) is 9.72. The highest BCUT2D eigenvalue weighted by Gasteiger charge is 2.20. The lowest BCUT2D eigenvalue weighted by Gasteiger charge is -2.17. The van der Waals surface area contributed by atoms with Crippen LogP contribution in [0.15, 0.2) is 4.42 Å². The minimum Gasteiger partial charge on any atom is -0.406 e. The number of aromatic nitrogens is 2. The van der Waals surface area contributed by atoms with Crippen molar-refractivity contribution in [1.82, 2.24) is 10.2 Å². The molecule has 0 bridgehead atoms. The molecule has 16 heavy (non-hydrogen) atoms. The van der Waals surface area contributed by atoms with Gasteiger partial charge in [0.05, 0.1) is 12.1 Å². The molecule has 6 nitrogen and oxygen atoms in total. The molecule has 0 spiro atoms. The van der Waals surface area contributed by atoms with Crippen LogP contribution in [-0.2, 0) is 4.74 Å². The van der Waals surface area contributed by atoms with Crippen LogP contribution in [0.4, 0.5) is 6.01 Å². The van der Waals surface area contributed by atoms with Gasteiger partial charge in [-0.25, -0.2) is 0 Å². The van der Waals surface area contributed by atoms with Gasteiger partial charge in [-0.1, -0.05) is 5.10 Å². The van der Waals surface area contributed by atoms with Crippen LogP contribution in [0.1, 0.15) is 31.7 Å². The summed E-state index contributed by atoms with van der Waals surface area (Å²) in [4.78, 5) is 1.91. The molecule has 2 rings (SSSR count). The van der Waals surface area contributed by atoms with Gasteiger partial charge in [-0.15, -0.1) is 5.10 Å². The predicted molar refractivity (Wildman–Crippen MR) is 59.1 cm³/mol. The lowest BCUT2D eigenvalue weighted by Crippen LogP contribution is -2.28. The minimum atomic E-state index is -0.225. The Kier molecular flexibility index (Phi) is 3.40. The third kappa shape index (κ3) is 2.51. The van der Waals surface area contributed by atoms with Crippen LogP contribution >= 0.6 is 0 Å². The second kappa shape index (κ2) is 4.80. The van der Waals surface area contributed by atoms with Crippen molar-refractivity contribution in [2.45, 2.75) is 31.9 Å². The summed E-state index contributed by atoms with van der Waals surface area (Å²) in [5.74, 6) is 0.467. The number of hydrogen-bond donors (Lipinski definition) is 1. The highest BCUT2D eigenvalue weighted by atomic mass is 16.5. The molecule has 2 N–H and O–H groups in total. The van der Waals surface area contributed by atoms with Crippen LogP contribution < -0.4 is 10.6 Å². The Labute approximate surface area is 94.8 Å². The van der Waals surface area contributed by atoms with Crippen LogP contribution in [0.2, 0.25) is 0 Å². The van der Waals surface area contributed by atoms with E-state index in [2.05, 4.69) is 10.2 Å². The van der Waals surface area contributed by atoms with Crippen LogP contribution in [0.5, 0.6) is 0 Å². The lowest BCUT2D eigenvalue weighted by molar-refractivity contribution is 0.115. The Bertz CT molecular complexity index is 333. The maximum Gasteiger partial charge on any atom is 0.318 e. The fourth-order valence-electron chi connectivity index (χ4n) is 1.74. The Morgan fingerprint density at radius 3 is 2.94 bits per heavy atom. The van der Waals surface area contributed by atoms with Crippen molar-refractivity contribution in [3.63, 3.8) is 0 Å². The van der Waals surface area contributed by atoms with E-state index in [1.165, 1.54) is 0 Å². The highest BCUT2D eigenvalue weighted by molar-refractivity contribution is 5.22. The van der Waals surface area contributed by atoms with Gasteiger partial charge in [0.1, 0.15) is 0 Å². The summed E-state index contributed by atoms with van der Waals surface area (Å²) in [6, 6.07) is 0.278. The molecule has 0 radical (unpaired) electrons. The van der Waals surface area contributed by atoms with Gasteiger partial charge in [0.15, 0.2) is 0 Å². The fraction of sp³-hybridized carbons (Fsp3) is 0.800. The van der Waals surface area contributed by atoms with E-state index >= 15 is 0 Å². The average molecular weight is 226 g/mol. The molecular weight excluding hydrogens is 208 g/mol. The molecule has 1 fully saturated rings. The molecule has 1 saturated heterocycles. The van der Waals surface area contributed by atoms with Gasteiger partial charge in [-0.3, -0.25) is 0 Å². The van der Waals surface area contributed by atoms with Gasteiger partial charge in [0, 0.05) is 20.2 Å². The van der Waals surface area contributed by atoms with Crippen LogP contribution in [-0.4, -0.2) is 36.5 Å². The highest BCUT2D eigenvalue weighted by Crippen LogP contribution is 2.18. The Morgan fingerprint density at radius 2 is 2.38 bits per heavy atom. The molecule has 1 aliphatic heterocycles. The molecule has 90 valence electrons. The quantitative estimate of drug-likeness (QED) is 0.814. The van der Waals surface area contributed by atoms with Crippen molar-refractivity contribution in [1.29, 1.82) is 0 Å². The summed E-state index contributed by atoms with van der Waals surface area (Å²) >= 11 is 0. The van der Waals surface area contributed by atoms with Crippen LogP contribution in [0.25, 0.3) is 0 Å². The number of anilines is 1. The van der Waals surface area contributed by atoms with Gasteiger partial charge >= 0.3 is 6.01 Å². The number of likely N-dealkylation sites (N-methyl/N-ethyl adjacent to an activating group) is 1. The zero-order valence-electron chi connectivity index (χ0n) is 9.72. The van der Waals surface area contributed by atoms with E-state index in [1.807, 2.05) is 18.9 Å². The molecule has 6 heteroatoms.